The van der Waals surface area contributed by atoms with E-state index < -0.39 is 39.7 Å². The summed E-state index contributed by atoms with van der Waals surface area (Å²) in [7, 11) is 0. The molecule has 1 N–H and O–H groups in total. The van der Waals surface area contributed by atoms with E-state index in [0.29, 0.717) is 12.8 Å². The number of hydrogen-bond donors (Lipinski definition) is 1. The van der Waals surface area contributed by atoms with Crippen molar-refractivity contribution in [3.05, 3.63) is 0 Å². The van der Waals surface area contributed by atoms with Gasteiger partial charge in [-0.05, 0) is 6.42 Å². The molecule has 7 heteroatoms. The standard InChI is InChI=1S/C8H10ClF2NO2S/c9-8(1-2-8)15(14)12-7(13)5-3-4(5)6(10)11/h4-6H,1-3H2,(H,12,13). The fourth-order valence-electron chi connectivity index (χ4n) is 1.34. The second-order valence-electron chi connectivity index (χ2n) is 3.96. The van der Waals surface area contributed by atoms with E-state index >= 15 is 0 Å². The van der Waals surface area contributed by atoms with Crippen LogP contribution in [0, 0.1) is 11.8 Å². The number of halogens is 3. The van der Waals surface area contributed by atoms with E-state index in [1.54, 1.807) is 0 Å². The fourth-order valence-corrected chi connectivity index (χ4v) is 2.54. The molecule has 2 fully saturated rings. The number of rotatable bonds is 4. The Balaban J connectivity index is 1.79. The largest absolute Gasteiger partial charge is 0.592 e. The van der Waals surface area contributed by atoms with E-state index in [1.807, 2.05) is 0 Å². The summed E-state index contributed by atoms with van der Waals surface area (Å²) < 4.78 is 37.0. The minimum absolute atomic E-state index is 0.177. The van der Waals surface area contributed by atoms with Crippen LogP contribution < -0.4 is 4.72 Å². The minimum Gasteiger partial charge on any atom is -0.592 e. The monoisotopic (exact) mass is 257 g/mol. The Labute approximate surface area is 93.9 Å². The lowest BCUT2D eigenvalue weighted by Crippen LogP contribution is -2.38. The Kier molecular flexibility index (Phi) is 2.85. The van der Waals surface area contributed by atoms with E-state index in [-0.39, 0.29) is 6.42 Å². The smallest absolute Gasteiger partial charge is 0.264 e. The van der Waals surface area contributed by atoms with E-state index in [0.717, 1.165) is 0 Å². The molecule has 3 unspecified atom stereocenters. The molecule has 0 heterocycles. The van der Waals surface area contributed by atoms with E-state index in [2.05, 4.69) is 4.72 Å². The van der Waals surface area contributed by atoms with Crippen molar-refractivity contribution in [1.29, 1.82) is 0 Å². The normalized spacial score (nSPS) is 33.7. The first-order valence-corrected chi connectivity index (χ1v) is 6.16. The molecular formula is C8H10ClF2NO2S. The highest BCUT2D eigenvalue weighted by Crippen LogP contribution is 2.48. The Morgan fingerprint density at radius 1 is 1.60 bits per heavy atom. The second kappa shape index (κ2) is 3.75. The zero-order valence-electron chi connectivity index (χ0n) is 7.71. The molecular weight excluding hydrogens is 248 g/mol. The summed E-state index contributed by atoms with van der Waals surface area (Å²) in [6.45, 7) is 0. The van der Waals surface area contributed by atoms with Crippen molar-refractivity contribution >= 4 is 28.9 Å². The summed E-state index contributed by atoms with van der Waals surface area (Å²) in [6.07, 6.45) is -1.12. The number of amides is 1. The topological polar surface area (TPSA) is 52.2 Å². The lowest BCUT2D eigenvalue weighted by molar-refractivity contribution is -0.121. The van der Waals surface area contributed by atoms with Gasteiger partial charge in [-0.1, -0.05) is 11.6 Å². The van der Waals surface area contributed by atoms with Gasteiger partial charge < -0.3 is 4.55 Å². The molecule has 0 bridgehead atoms. The first-order valence-electron chi connectivity index (χ1n) is 4.63. The molecule has 3 atom stereocenters. The predicted octanol–water partition coefficient (Wildman–Crippen LogP) is 1.40. The van der Waals surface area contributed by atoms with Gasteiger partial charge in [0.05, 0.1) is 17.3 Å². The molecule has 0 aromatic heterocycles. The third kappa shape index (κ3) is 2.37. The van der Waals surface area contributed by atoms with Crippen LogP contribution in [0.2, 0.25) is 0 Å². The third-order valence-corrected chi connectivity index (χ3v) is 4.93. The Bertz CT molecular complexity index is 288. The predicted molar refractivity (Wildman–Crippen MR) is 51.7 cm³/mol. The highest BCUT2D eigenvalue weighted by Gasteiger charge is 2.56. The van der Waals surface area contributed by atoms with Crippen molar-refractivity contribution in [3.8, 4) is 0 Å². The number of carbonyl (C=O) groups is 1. The van der Waals surface area contributed by atoms with Gasteiger partial charge in [-0.2, -0.15) is 4.72 Å². The molecule has 0 spiro atoms. The van der Waals surface area contributed by atoms with Crippen LogP contribution in [0.4, 0.5) is 8.78 Å². The summed E-state index contributed by atoms with van der Waals surface area (Å²) in [5.41, 5.74) is 0. The summed E-state index contributed by atoms with van der Waals surface area (Å²) in [5, 5.41) is 0. The molecule has 86 valence electrons. The van der Waals surface area contributed by atoms with E-state index in [1.165, 1.54) is 0 Å². The van der Waals surface area contributed by atoms with Crippen LogP contribution in [0.25, 0.3) is 0 Å². The van der Waals surface area contributed by atoms with Gasteiger partial charge >= 0.3 is 0 Å². The number of carbonyl (C=O) groups excluding carboxylic acids is 1. The van der Waals surface area contributed by atoms with Gasteiger partial charge in [0.2, 0.25) is 10.6 Å². The van der Waals surface area contributed by atoms with Gasteiger partial charge in [-0.15, -0.1) is 0 Å². The molecule has 0 radical (unpaired) electrons. The molecule has 0 saturated heterocycles. The molecule has 1 amide bonds. The van der Waals surface area contributed by atoms with E-state index in [4.69, 9.17) is 11.6 Å². The number of hydrogen-bond acceptors (Lipinski definition) is 2. The van der Waals surface area contributed by atoms with Crippen LogP contribution >= 0.6 is 11.6 Å². The van der Waals surface area contributed by atoms with Crippen molar-refractivity contribution in [2.24, 2.45) is 11.8 Å². The van der Waals surface area contributed by atoms with Crippen molar-refractivity contribution < 1.29 is 18.1 Å². The zero-order valence-corrected chi connectivity index (χ0v) is 9.28. The maximum Gasteiger partial charge on any atom is 0.264 e. The van der Waals surface area contributed by atoms with Crippen LogP contribution in [0.15, 0.2) is 0 Å². The summed E-state index contributed by atoms with van der Waals surface area (Å²) in [5.74, 6) is -2.12. The summed E-state index contributed by atoms with van der Waals surface area (Å²) in [6, 6.07) is 0. The fraction of sp³-hybridized carbons (Fsp3) is 0.875. The van der Waals surface area contributed by atoms with Crippen molar-refractivity contribution in [2.75, 3.05) is 0 Å². The molecule has 2 saturated carbocycles. The van der Waals surface area contributed by atoms with Gasteiger partial charge in [-0.3, -0.25) is 4.79 Å². The summed E-state index contributed by atoms with van der Waals surface area (Å²) >= 11 is 4.16. The molecule has 3 nitrogen and oxygen atoms in total. The van der Waals surface area contributed by atoms with Gasteiger partial charge in [0.25, 0.3) is 5.91 Å². The number of alkyl halides is 3. The molecule has 2 aliphatic carbocycles. The highest BCUT2D eigenvalue weighted by atomic mass is 35.5. The van der Waals surface area contributed by atoms with Gasteiger partial charge in [0, 0.05) is 18.8 Å². The maximum absolute atomic E-state index is 12.1. The quantitative estimate of drug-likeness (QED) is 0.611. The van der Waals surface area contributed by atoms with Gasteiger partial charge in [-0.25, -0.2) is 8.78 Å². The second-order valence-corrected chi connectivity index (χ2v) is 6.43. The van der Waals surface area contributed by atoms with Gasteiger partial charge in [0.15, 0.2) is 0 Å². The first kappa shape index (κ1) is 11.4. The highest BCUT2D eigenvalue weighted by molar-refractivity contribution is 7.93. The Hall–Kier alpha value is -0.0700. The maximum atomic E-state index is 12.1. The van der Waals surface area contributed by atoms with Crippen LogP contribution in [-0.4, -0.2) is 21.1 Å². The zero-order chi connectivity index (χ0) is 11.2. The van der Waals surface area contributed by atoms with Crippen LogP contribution in [0.1, 0.15) is 19.3 Å². The molecule has 0 aromatic rings. The summed E-state index contributed by atoms with van der Waals surface area (Å²) in [4.78, 5) is 11.3. The molecule has 15 heavy (non-hydrogen) atoms. The van der Waals surface area contributed by atoms with E-state index in [9.17, 15) is 18.1 Å². The van der Waals surface area contributed by atoms with Crippen molar-refractivity contribution in [1.82, 2.24) is 4.72 Å². The van der Waals surface area contributed by atoms with Crippen LogP contribution in [0.3, 0.4) is 0 Å². The van der Waals surface area contributed by atoms with Crippen molar-refractivity contribution in [3.63, 3.8) is 0 Å². The van der Waals surface area contributed by atoms with Crippen molar-refractivity contribution in [2.45, 2.75) is 29.9 Å². The first-order chi connectivity index (χ1) is 6.94. The minimum atomic E-state index is -2.47. The molecule has 0 aromatic carbocycles. The lowest BCUT2D eigenvalue weighted by Gasteiger charge is -2.14. The van der Waals surface area contributed by atoms with Crippen LogP contribution in [0.5, 0.6) is 0 Å². The average molecular weight is 258 g/mol. The SMILES string of the molecule is O=C(N[S+]([O-])C1(Cl)CC1)C1CC1C(F)F. The lowest BCUT2D eigenvalue weighted by atomic mass is 10.3. The third-order valence-electron chi connectivity index (χ3n) is 2.67. The molecule has 2 aliphatic rings. The number of nitrogens with one attached hydrogen (secondary N) is 1. The van der Waals surface area contributed by atoms with Gasteiger partial charge in [0.1, 0.15) is 0 Å². The Morgan fingerprint density at radius 3 is 2.60 bits per heavy atom. The Morgan fingerprint density at radius 2 is 2.20 bits per heavy atom. The molecule has 2 rings (SSSR count). The average Bonchev–Trinajstić information content (AvgIpc) is 2.96. The molecule has 0 aliphatic heterocycles. The van der Waals surface area contributed by atoms with Crippen LogP contribution in [-0.2, 0) is 16.2 Å².